The first-order chi connectivity index (χ1) is 13.0. The third-order valence-electron chi connectivity index (χ3n) is 4.17. The van der Waals surface area contributed by atoms with Crippen LogP contribution in [0.3, 0.4) is 0 Å². The van der Waals surface area contributed by atoms with E-state index in [9.17, 15) is 14.4 Å². The number of rotatable bonds is 6. The number of hydrogen-bond acceptors (Lipinski definition) is 3. The van der Waals surface area contributed by atoms with Gasteiger partial charge in [0.2, 0.25) is 0 Å². The molecule has 2 aromatic carbocycles. The van der Waals surface area contributed by atoms with Crippen molar-refractivity contribution in [1.82, 2.24) is 15.5 Å². The van der Waals surface area contributed by atoms with E-state index in [1.165, 1.54) is 4.90 Å². The van der Waals surface area contributed by atoms with Crippen molar-refractivity contribution in [1.29, 1.82) is 0 Å². The van der Waals surface area contributed by atoms with Gasteiger partial charge in [0, 0.05) is 28.6 Å². The molecule has 0 radical (unpaired) electrons. The number of nitrogens with one attached hydrogen (secondary N) is 2. The average Bonchev–Trinajstić information content (AvgIpc) is 2.88. The van der Waals surface area contributed by atoms with Gasteiger partial charge in [0.15, 0.2) is 0 Å². The average molecular weight is 495 g/mol. The zero-order valence-electron chi connectivity index (χ0n) is 14.3. The fraction of sp³-hybridized carbons (Fsp3) is 0.211. The molecule has 140 valence electrons. The molecule has 6 nitrogen and oxygen atoms in total. The van der Waals surface area contributed by atoms with Crippen LogP contribution in [0.5, 0.6) is 0 Å². The van der Waals surface area contributed by atoms with Gasteiger partial charge in [-0.2, -0.15) is 0 Å². The highest BCUT2D eigenvalue weighted by molar-refractivity contribution is 9.10. The molecule has 0 saturated carbocycles. The van der Waals surface area contributed by atoms with Crippen molar-refractivity contribution < 1.29 is 14.4 Å². The van der Waals surface area contributed by atoms with Crippen molar-refractivity contribution in [3.8, 4) is 0 Å². The van der Waals surface area contributed by atoms with Gasteiger partial charge in [-0.3, -0.25) is 14.5 Å². The summed E-state index contributed by atoms with van der Waals surface area (Å²) in [5.41, 5.74) is 1.81. The third kappa shape index (κ3) is 4.56. The Bertz CT molecular complexity index is 902. The molecule has 0 atom stereocenters. The number of halogens is 2. The van der Waals surface area contributed by atoms with Gasteiger partial charge in [0.25, 0.3) is 11.8 Å². The molecular weight excluding hydrogens is 478 g/mol. The van der Waals surface area contributed by atoms with Gasteiger partial charge < -0.3 is 10.6 Å². The lowest BCUT2D eigenvalue weighted by molar-refractivity contribution is 0.0653. The highest BCUT2D eigenvalue weighted by atomic mass is 79.9. The van der Waals surface area contributed by atoms with E-state index in [0.29, 0.717) is 30.6 Å². The number of carbonyl (C=O) groups is 3. The Kier molecular flexibility index (Phi) is 6.28. The molecule has 0 bridgehead atoms. The molecule has 0 aliphatic carbocycles. The zero-order valence-corrected chi connectivity index (χ0v) is 17.5. The molecule has 0 fully saturated rings. The van der Waals surface area contributed by atoms with Crippen LogP contribution in [0.1, 0.15) is 32.7 Å². The molecule has 1 aliphatic rings. The summed E-state index contributed by atoms with van der Waals surface area (Å²) in [5, 5.41) is 5.51. The summed E-state index contributed by atoms with van der Waals surface area (Å²) in [6.07, 6.45) is 0.481. The predicted octanol–water partition coefficient (Wildman–Crippen LogP) is 3.70. The topological polar surface area (TPSA) is 78.5 Å². The minimum atomic E-state index is -0.297. The van der Waals surface area contributed by atoms with Crippen LogP contribution in [-0.4, -0.2) is 35.8 Å². The molecule has 2 aromatic rings. The molecule has 8 heteroatoms. The number of nitrogens with zero attached hydrogens (tertiary/aromatic N) is 1. The molecule has 2 N–H and O–H groups in total. The van der Waals surface area contributed by atoms with Crippen LogP contribution in [0.2, 0.25) is 0 Å². The van der Waals surface area contributed by atoms with Crippen molar-refractivity contribution in [2.24, 2.45) is 0 Å². The quantitative estimate of drug-likeness (QED) is 0.474. The summed E-state index contributed by atoms with van der Waals surface area (Å²) in [5.74, 6) is -0.587. The van der Waals surface area contributed by atoms with Crippen molar-refractivity contribution in [2.75, 3.05) is 13.1 Å². The van der Waals surface area contributed by atoms with Crippen molar-refractivity contribution in [2.45, 2.75) is 13.0 Å². The van der Waals surface area contributed by atoms with Gasteiger partial charge in [-0.1, -0.05) is 50.1 Å². The molecule has 3 rings (SSSR count). The number of amides is 4. The van der Waals surface area contributed by atoms with Crippen molar-refractivity contribution in [3.05, 3.63) is 68.1 Å². The standard InChI is InChI=1S/C19H17Br2N3O3/c20-13-6-7-14-15(10-13)18(26)24(17(14)25)9-3-8-22-19(27)23-11-12-4-1-2-5-16(12)21/h1-2,4-7,10H,3,8-9,11H2,(H2,22,23,27). The zero-order chi connectivity index (χ0) is 19.4. The van der Waals surface area contributed by atoms with E-state index in [-0.39, 0.29) is 24.4 Å². The Morgan fingerprint density at radius 1 is 0.963 bits per heavy atom. The first kappa shape index (κ1) is 19.6. The summed E-state index contributed by atoms with van der Waals surface area (Å²) in [6.45, 7) is 1.02. The predicted molar refractivity (Wildman–Crippen MR) is 109 cm³/mol. The number of carbonyl (C=O) groups excluding carboxylic acids is 3. The van der Waals surface area contributed by atoms with E-state index in [2.05, 4.69) is 42.5 Å². The Morgan fingerprint density at radius 3 is 2.48 bits per heavy atom. The summed E-state index contributed by atoms with van der Waals surface area (Å²) >= 11 is 6.74. The summed E-state index contributed by atoms with van der Waals surface area (Å²) in [4.78, 5) is 37.8. The maximum atomic E-state index is 12.4. The van der Waals surface area contributed by atoms with Crippen LogP contribution in [0.4, 0.5) is 4.79 Å². The molecule has 0 unspecified atom stereocenters. The smallest absolute Gasteiger partial charge is 0.315 e. The monoisotopic (exact) mass is 493 g/mol. The first-order valence-corrected chi connectivity index (χ1v) is 9.97. The SMILES string of the molecule is O=C(NCCCN1C(=O)c2ccc(Br)cc2C1=O)NCc1ccccc1Br. The summed E-state index contributed by atoms with van der Waals surface area (Å²) < 4.78 is 1.69. The van der Waals surface area contributed by atoms with Gasteiger partial charge in [0.1, 0.15) is 0 Å². The second-order valence-electron chi connectivity index (χ2n) is 6.01. The summed E-state index contributed by atoms with van der Waals surface area (Å²) in [7, 11) is 0. The van der Waals surface area contributed by atoms with Gasteiger partial charge in [0.05, 0.1) is 11.1 Å². The summed E-state index contributed by atoms with van der Waals surface area (Å²) in [6, 6.07) is 12.4. The highest BCUT2D eigenvalue weighted by Crippen LogP contribution is 2.26. The normalized spacial score (nSPS) is 12.9. The Balaban J connectivity index is 1.43. The Morgan fingerprint density at radius 2 is 1.70 bits per heavy atom. The lowest BCUT2D eigenvalue weighted by atomic mass is 10.1. The molecule has 27 heavy (non-hydrogen) atoms. The number of urea groups is 1. The fourth-order valence-electron chi connectivity index (χ4n) is 2.78. The highest BCUT2D eigenvalue weighted by Gasteiger charge is 2.34. The van der Waals surface area contributed by atoms with E-state index in [4.69, 9.17) is 0 Å². The van der Waals surface area contributed by atoms with Crippen LogP contribution in [0.25, 0.3) is 0 Å². The first-order valence-electron chi connectivity index (χ1n) is 8.38. The maximum Gasteiger partial charge on any atom is 0.315 e. The molecule has 0 aromatic heterocycles. The van der Waals surface area contributed by atoms with Gasteiger partial charge in [-0.15, -0.1) is 0 Å². The molecule has 1 aliphatic heterocycles. The molecular formula is C19H17Br2N3O3. The number of imide groups is 1. The molecule has 4 amide bonds. The van der Waals surface area contributed by atoms with Crippen molar-refractivity contribution in [3.63, 3.8) is 0 Å². The van der Waals surface area contributed by atoms with E-state index in [1.54, 1.807) is 18.2 Å². The van der Waals surface area contributed by atoms with Crippen LogP contribution in [0.15, 0.2) is 51.4 Å². The molecule has 1 heterocycles. The number of fused-ring (bicyclic) bond motifs is 1. The van der Waals surface area contributed by atoms with E-state index >= 15 is 0 Å². The second kappa shape index (κ2) is 8.67. The van der Waals surface area contributed by atoms with E-state index < -0.39 is 0 Å². The van der Waals surface area contributed by atoms with Gasteiger partial charge in [-0.25, -0.2) is 4.79 Å². The van der Waals surface area contributed by atoms with Crippen LogP contribution in [0, 0.1) is 0 Å². The largest absolute Gasteiger partial charge is 0.338 e. The molecule has 0 spiro atoms. The number of benzene rings is 2. The van der Waals surface area contributed by atoms with Crippen LogP contribution in [-0.2, 0) is 6.54 Å². The van der Waals surface area contributed by atoms with Gasteiger partial charge >= 0.3 is 6.03 Å². The van der Waals surface area contributed by atoms with Crippen LogP contribution < -0.4 is 10.6 Å². The third-order valence-corrected chi connectivity index (χ3v) is 5.44. The Hall–Kier alpha value is -2.19. The Labute approximate surface area is 173 Å². The lowest BCUT2D eigenvalue weighted by Gasteiger charge is -2.14. The maximum absolute atomic E-state index is 12.4. The fourth-order valence-corrected chi connectivity index (χ4v) is 3.57. The van der Waals surface area contributed by atoms with E-state index in [0.717, 1.165) is 14.5 Å². The van der Waals surface area contributed by atoms with Gasteiger partial charge in [-0.05, 0) is 36.2 Å². The second-order valence-corrected chi connectivity index (χ2v) is 7.78. The van der Waals surface area contributed by atoms with Crippen LogP contribution >= 0.6 is 31.9 Å². The number of hydrogen-bond donors (Lipinski definition) is 2. The minimum absolute atomic E-state index is 0.258. The van der Waals surface area contributed by atoms with E-state index in [1.807, 2.05) is 24.3 Å². The van der Waals surface area contributed by atoms with Crippen molar-refractivity contribution >= 4 is 49.7 Å². The molecule has 0 saturated heterocycles. The minimum Gasteiger partial charge on any atom is -0.338 e. The lowest BCUT2D eigenvalue weighted by Crippen LogP contribution is -2.37.